The van der Waals surface area contributed by atoms with Crippen LogP contribution in [0.3, 0.4) is 0 Å². The molecule has 0 fully saturated rings. The molecule has 1 heterocycles. The molecule has 1 aliphatic heterocycles. The lowest BCUT2D eigenvalue weighted by Crippen LogP contribution is -2.18. The van der Waals surface area contributed by atoms with Gasteiger partial charge in [-0.3, -0.25) is 4.79 Å². The summed E-state index contributed by atoms with van der Waals surface area (Å²) in [6.45, 7) is 1.83. The second-order valence-electron chi connectivity index (χ2n) is 2.62. The van der Waals surface area contributed by atoms with Crippen LogP contribution < -0.4 is 0 Å². The molecule has 0 bridgehead atoms. The lowest BCUT2D eigenvalue weighted by atomic mass is 10.1. The first kappa shape index (κ1) is 9.64. The second kappa shape index (κ2) is 3.98. The Balaban J connectivity index is 2.87. The standard InChI is InChI=1S/C9H11NO3/c1-3-6-8(11)5-4-7(10-6)9(12)13-2/h4H,3,5H2,1-2H3. The van der Waals surface area contributed by atoms with E-state index in [4.69, 9.17) is 0 Å². The van der Waals surface area contributed by atoms with E-state index in [0.29, 0.717) is 12.1 Å². The van der Waals surface area contributed by atoms with Gasteiger partial charge in [0.2, 0.25) is 0 Å². The highest BCUT2D eigenvalue weighted by Gasteiger charge is 2.18. The van der Waals surface area contributed by atoms with Crippen LogP contribution >= 0.6 is 0 Å². The largest absolute Gasteiger partial charge is 0.464 e. The average Bonchev–Trinajstić information content (AvgIpc) is 2.17. The fourth-order valence-corrected chi connectivity index (χ4v) is 1.07. The molecule has 0 unspecified atom stereocenters. The molecule has 0 N–H and O–H groups in total. The molecule has 1 rings (SSSR count). The molecule has 0 amide bonds. The van der Waals surface area contributed by atoms with E-state index in [1.807, 2.05) is 6.92 Å². The summed E-state index contributed by atoms with van der Waals surface area (Å²) >= 11 is 0. The molecule has 0 aromatic rings. The Hall–Kier alpha value is -1.45. The number of ether oxygens (including phenoxy) is 1. The first-order chi connectivity index (χ1) is 6.19. The number of hydrogen-bond acceptors (Lipinski definition) is 4. The van der Waals surface area contributed by atoms with Gasteiger partial charge in [0.15, 0.2) is 5.78 Å². The van der Waals surface area contributed by atoms with Gasteiger partial charge >= 0.3 is 5.97 Å². The average molecular weight is 181 g/mol. The summed E-state index contributed by atoms with van der Waals surface area (Å²) in [6, 6.07) is 0. The zero-order chi connectivity index (χ0) is 9.84. The SMILES string of the molecule is CCC1=NC(C(=O)OC)=CCC1=O. The normalized spacial score (nSPS) is 16.3. The first-order valence-electron chi connectivity index (χ1n) is 4.08. The van der Waals surface area contributed by atoms with E-state index in [9.17, 15) is 9.59 Å². The van der Waals surface area contributed by atoms with Gasteiger partial charge in [-0.05, 0) is 12.5 Å². The quantitative estimate of drug-likeness (QED) is 0.594. The topological polar surface area (TPSA) is 55.7 Å². The van der Waals surface area contributed by atoms with Crippen LogP contribution in [0.15, 0.2) is 16.8 Å². The number of methoxy groups -OCH3 is 1. The Morgan fingerprint density at radius 3 is 2.92 bits per heavy atom. The van der Waals surface area contributed by atoms with Crippen LogP contribution in [0, 0.1) is 0 Å². The van der Waals surface area contributed by atoms with E-state index >= 15 is 0 Å². The number of carbonyl (C=O) groups excluding carboxylic acids is 2. The van der Waals surface area contributed by atoms with Crippen LogP contribution in [-0.2, 0) is 14.3 Å². The number of Topliss-reactive ketones (excluding diaryl/α,β-unsaturated/α-hetero) is 1. The smallest absolute Gasteiger partial charge is 0.356 e. The van der Waals surface area contributed by atoms with E-state index in [0.717, 1.165) is 0 Å². The van der Waals surface area contributed by atoms with E-state index in [1.165, 1.54) is 13.2 Å². The van der Waals surface area contributed by atoms with Crippen molar-refractivity contribution in [3.05, 3.63) is 11.8 Å². The molecular formula is C9H11NO3. The van der Waals surface area contributed by atoms with Crippen molar-refractivity contribution < 1.29 is 14.3 Å². The highest BCUT2D eigenvalue weighted by Crippen LogP contribution is 2.11. The molecule has 4 heteroatoms. The molecule has 0 aliphatic carbocycles. The minimum Gasteiger partial charge on any atom is -0.464 e. The van der Waals surface area contributed by atoms with Crippen molar-refractivity contribution in [3.63, 3.8) is 0 Å². The van der Waals surface area contributed by atoms with Crippen molar-refractivity contribution in [2.75, 3.05) is 7.11 Å². The number of ketones is 1. The van der Waals surface area contributed by atoms with Gasteiger partial charge in [0, 0.05) is 6.42 Å². The van der Waals surface area contributed by atoms with Gasteiger partial charge in [0.05, 0.1) is 12.8 Å². The molecule has 0 aromatic carbocycles. The maximum Gasteiger partial charge on any atom is 0.356 e. The number of esters is 1. The fraction of sp³-hybridized carbons (Fsp3) is 0.444. The summed E-state index contributed by atoms with van der Waals surface area (Å²) in [5.41, 5.74) is 0.682. The first-order valence-corrected chi connectivity index (χ1v) is 4.08. The third-order valence-electron chi connectivity index (χ3n) is 1.79. The van der Waals surface area contributed by atoms with Crippen molar-refractivity contribution in [3.8, 4) is 0 Å². The number of aliphatic imine (C=N–C) groups is 1. The fourth-order valence-electron chi connectivity index (χ4n) is 1.07. The van der Waals surface area contributed by atoms with Crippen LogP contribution in [0.25, 0.3) is 0 Å². The minimum atomic E-state index is -0.488. The number of nitrogens with zero attached hydrogens (tertiary/aromatic N) is 1. The molecule has 0 radical (unpaired) electrons. The summed E-state index contributed by atoms with van der Waals surface area (Å²) in [6.07, 6.45) is 2.29. The Kier molecular flexibility index (Phi) is 2.95. The number of hydrogen-bond donors (Lipinski definition) is 0. The van der Waals surface area contributed by atoms with E-state index in [2.05, 4.69) is 9.73 Å². The summed E-state index contributed by atoms with van der Waals surface area (Å²) in [7, 11) is 1.29. The van der Waals surface area contributed by atoms with E-state index in [1.54, 1.807) is 0 Å². The third kappa shape index (κ3) is 2.02. The van der Waals surface area contributed by atoms with Crippen molar-refractivity contribution >= 4 is 17.5 Å². The predicted octanol–water partition coefficient (Wildman–Crippen LogP) is 0.867. The van der Waals surface area contributed by atoms with Gasteiger partial charge in [-0.2, -0.15) is 0 Å². The Morgan fingerprint density at radius 1 is 1.69 bits per heavy atom. The molecule has 0 saturated heterocycles. The lowest BCUT2D eigenvalue weighted by molar-refractivity contribution is -0.136. The van der Waals surface area contributed by atoms with Gasteiger partial charge in [0.25, 0.3) is 0 Å². The lowest BCUT2D eigenvalue weighted by Gasteiger charge is -2.08. The van der Waals surface area contributed by atoms with Crippen LogP contribution in [0.5, 0.6) is 0 Å². The highest BCUT2D eigenvalue weighted by molar-refractivity contribution is 6.41. The molecule has 0 saturated carbocycles. The van der Waals surface area contributed by atoms with Gasteiger partial charge in [0.1, 0.15) is 5.70 Å². The highest BCUT2D eigenvalue weighted by atomic mass is 16.5. The molecule has 0 spiro atoms. The molecular weight excluding hydrogens is 170 g/mol. The maximum absolute atomic E-state index is 11.2. The molecule has 13 heavy (non-hydrogen) atoms. The van der Waals surface area contributed by atoms with Gasteiger partial charge in [-0.25, -0.2) is 9.79 Å². The molecule has 4 nitrogen and oxygen atoms in total. The third-order valence-corrected chi connectivity index (χ3v) is 1.79. The van der Waals surface area contributed by atoms with Crippen LogP contribution in [-0.4, -0.2) is 24.6 Å². The summed E-state index contributed by atoms with van der Waals surface area (Å²) in [4.78, 5) is 26.1. The van der Waals surface area contributed by atoms with E-state index in [-0.39, 0.29) is 17.9 Å². The summed E-state index contributed by atoms with van der Waals surface area (Å²) in [5, 5.41) is 0. The van der Waals surface area contributed by atoms with E-state index < -0.39 is 5.97 Å². The Bertz CT molecular complexity index is 302. The summed E-state index contributed by atoms with van der Waals surface area (Å²) in [5.74, 6) is -0.506. The maximum atomic E-state index is 11.2. The molecule has 70 valence electrons. The monoisotopic (exact) mass is 181 g/mol. The van der Waals surface area contributed by atoms with Crippen LogP contribution in [0.4, 0.5) is 0 Å². The minimum absolute atomic E-state index is 0.0184. The van der Waals surface area contributed by atoms with Gasteiger partial charge in [-0.15, -0.1) is 0 Å². The number of rotatable bonds is 2. The second-order valence-corrected chi connectivity index (χ2v) is 2.62. The van der Waals surface area contributed by atoms with Crippen molar-refractivity contribution in [2.24, 2.45) is 4.99 Å². The van der Waals surface area contributed by atoms with Crippen molar-refractivity contribution in [1.29, 1.82) is 0 Å². The van der Waals surface area contributed by atoms with Crippen LogP contribution in [0.2, 0.25) is 0 Å². The Morgan fingerprint density at radius 2 is 2.38 bits per heavy atom. The number of allylic oxidation sites excluding steroid dienone is 1. The van der Waals surface area contributed by atoms with Gasteiger partial charge in [-0.1, -0.05) is 6.92 Å². The van der Waals surface area contributed by atoms with Gasteiger partial charge < -0.3 is 4.74 Å². The summed E-state index contributed by atoms with van der Waals surface area (Å²) < 4.78 is 4.49. The van der Waals surface area contributed by atoms with Crippen LogP contribution in [0.1, 0.15) is 19.8 Å². The van der Waals surface area contributed by atoms with Crippen molar-refractivity contribution in [2.45, 2.75) is 19.8 Å². The zero-order valence-electron chi connectivity index (χ0n) is 7.66. The Labute approximate surface area is 76.3 Å². The number of carbonyl (C=O) groups is 2. The zero-order valence-corrected chi connectivity index (χ0v) is 7.66. The predicted molar refractivity (Wildman–Crippen MR) is 47.4 cm³/mol. The molecule has 1 aliphatic rings. The molecule has 0 aromatic heterocycles. The van der Waals surface area contributed by atoms with Crippen molar-refractivity contribution in [1.82, 2.24) is 0 Å². The molecule has 0 atom stereocenters.